The largest absolute Gasteiger partial charge is 0.497 e. The van der Waals surface area contributed by atoms with Gasteiger partial charge in [0.05, 0.1) is 24.5 Å². The summed E-state index contributed by atoms with van der Waals surface area (Å²) in [6, 6.07) is 11.4. The molecule has 2 N–H and O–H groups in total. The van der Waals surface area contributed by atoms with Crippen molar-refractivity contribution in [3.63, 3.8) is 0 Å². The zero-order chi connectivity index (χ0) is 23.1. The molecule has 4 amide bonds. The predicted molar refractivity (Wildman–Crippen MR) is 119 cm³/mol. The first-order valence-electron chi connectivity index (χ1n) is 10.5. The Balaban J connectivity index is 1.34. The first kappa shape index (κ1) is 20.6. The third-order valence-corrected chi connectivity index (χ3v) is 5.93. The van der Waals surface area contributed by atoms with Gasteiger partial charge in [-0.3, -0.25) is 29.5 Å². The summed E-state index contributed by atoms with van der Waals surface area (Å²) in [5.41, 5.74) is 2.81. The van der Waals surface area contributed by atoms with Gasteiger partial charge in [-0.1, -0.05) is 0 Å². The summed E-state index contributed by atoms with van der Waals surface area (Å²) in [6.45, 7) is 0.207. The second-order valence-electron chi connectivity index (χ2n) is 8.01. The Morgan fingerprint density at radius 2 is 2.00 bits per heavy atom. The van der Waals surface area contributed by atoms with Gasteiger partial charge in [0.25, 0.3) is 11.8 Å². The fraction of sp³-hybridized carbons (Fsp3) is 0.208. The van der Waals surface area contributed by atoms with Gasteiger partial charge in [0.2, 0.25) is 11.8 Å². The number of fused-ring (bicyclic) bond motifs is 2. The van der Waals surface area contributed by atoms with Crippen LogP contribution in [0.1, 0.15) is 39.1 Å². The van der Waals surface area contributed by atoms with Gasteiger partial charge in [0.1, 0.15) is 11.8 Å². The molecule has 0 aliphatic carbocycles. The number of imide groups is 1. The molecule has 2 aliphatic heterocycles. The topological polar surface area (TPSA) is 118 Å². The minimum absolute atomic E-state index is 0.190. The Kier molecular flexibility index (Phi) is 5.01. The van der Waals surface area contributed by atoms with Crippen LogP contribution in [0.4, 0.5) is 5.69 Å². The van der Waals surface area contributed by atoms with Gasteiger partial charge < -0.3 is 15.0 Å². The highest BCUT2D eigenvalue weighted by Crippen LogP contribution is 2.29. The molecule has 9 heteroatoms. The number of ether oxygens (including phenoxy) is 1. The monoisotopic (exact) mass is 444 g/mol. The molecule has 2 aliphatic rings. The average molecular weight is 444 g/mol. The minimum atomic E-state index is -0.694. The quantitative estimate of drug-likeness (QED) is 0.596. The van der Waals surface area contributed by atoms with E-state index in [9.17, 15) is 19.2 Å². The summed E-state index contributed by atoms with van der Waals surface area (Å²) in [4.78, 5) is 55.1. The van der Waals surface area contributed by atoms with Crippen LogP contribution in [-0.4, -0.2) is 46.7 Å². The predicted octanol–water partition coefficient (Wildman–Crippen LogP) is 2.26. The van der Waals surface area contributed by atoms with Crippen LogP contribution in [0, 0.1) is 0 Å². The van der Waals surface area contributed by atoms with Crippen molar-refractivity contribution in [2.24, 2.45) is 0 Å². The van der Waals surface area contributed by atoms with Crippen LogP contribution in [0.5, 0.6) is 5.75 Å². The van der Waals surface area contributed by atoms with Crippen LogP contribution in [-0.2, 0) is 16.1 Å². The molecule has 33 heavy (non-hydrogen) atoms. The number of nitrogens with one attached hydrogen (secondary N) is 2. The van der Waals surface area contributed by atoms with E-state index >= 15 is 0 Å². The Morgan fingerprint density at radius 1 is 1.15 bits per heavy atom. The van der Waals surface area contributed by atoms with E-state index in [4.69, 9.17) is 4.74 Å². The third kappa shape index (κ3) is 3.78. The summed E-state index contributed by atoms with van der Waals surface area (Å²) in [6.07, 6.45) is 2.06. The summed E-state index contributed by atoms with van der Waals surface area (Å²) >= 11 is 0. The summed E-state index contributed by atoms with van der Waals surface area (Å²) in [5, 5.41) is 5.94. The van der Waals surface area contributed by atoms with E-state index in [1.807, 2.05) is 24.3 Å². The maximum atomic E-state index is 12.9. The molecule has 9 nitrogen and oxygen atoms in total. The Labute approximate surface area is 188 Å². The number of methoxy groups -OCH3 is 1. The number of hydrogen-bond donors (Lipinski definition) is 2. The van der Waals surface area contributed by atoms with Gasteiger partial charge >= 0.3 is 0 Å². The number of rotatable bonds is 4. The Hall–Kier alpha value is -4.27. The molecule has 0 saturated carbocycles. The molecule has 1 fully saturated rings. The van der Waals surface area contributed by atoms with Crippen molar-refractivity contribution in [1.29, 1.82) is 0 Å². The highest BCUT2D eigenvalue weighted by Gasteiger charge is 2.39. The van der Waals surface area contributed by atoms with E-state index < -0.39 is 11.9 Å². The molecule has 0 radical (unpaired) electrons. The molecule has 0 spiro atoms. The molecule has 3 heterocycles. The zero-order valence-electron chi connectivity index (χ0n) is 17.8. The van der Waals surface area contributed by atoms with Gasteiger partial charge in [0.15, 0.2) is 0 Å². The average Bonchev–Trinajstić information content (AvgIpc) is 3.14. The highest BCUT2D eigenvalue weighted by molar-refractivity contribution is 6.08. The van der Waals surface area contributed by atoms with Gasteiger partial charge in [-0.2, -0.15) is 0 Å². The van der Waals surface area contributed by atoms with Crippen LogP contribution in [0.15, 0.2) is 48.7 Å². The molecule has 3 aromatic rings. The second-order valence-corrected chi connectivity index (χ2v) is 8.01. The number of anilines is 1. The molecule has 1 atom stereocenters. The number of carbonyl (C=O) groups excluding carboxylic acids is 4. The standard InChI is InChI=1S/C24H20N4O5/c1-33-17-3-5-19-14(10-17)9-16(11-25-19)26-22(30)13-2-4-18-15(8-13)12-28(24(18)32)20-6-7-21(29)27-23(20)31/h2-5,8-11,20H,6-7,12H2,1H3,(H,26,30)(H,27,29,31). The third-order valence-electron chi connectivity index (χ3n) is 5.93. The SMILES string of the molecule is COc1ccc2ncc(NC(=O)c3ccc4c(c3)CN(C3CCC(=O)NC3=O)C4=O)cc2c1. The number of amides is 4. The number of aromatic nitrogens is 1. The smallest absolute Gasteiger partial charge is 0.255 e. The van der Waals surface area contributed by atoms with Crippen LogP contribution >= 0.6 is 0 Å². The van der Waals surface area contributed by atoms with Crippen molar-refractivity contribution in [2.45, 2.75) is 25.4 Å². The zero-order valence-corrected chi connectivity index (χ0v) is 17.8. The Bertz CT molecular complexity index is 1340. The lowest BCUT2D eigenvalue weighted by molar-refractivity contribution is -0.136. The minimum Gasteiger partial charge on any atom is -0.497 e. The molecule has 2 aromatic carbocycles. The van der Waals surface area contributed by atoms with Crippen molar-refractivity contribution in [2.75, 3.05) is 12.4 Å². The van der Waals surface area contributed by atoms with Crippen molar-refractivity contribution < 1.29 is 23.9 Å². The normalized spacial score (nSPS) is 17.7. The number of pyridine rings is 1. The second kappa shape index (κ2) is 8.01. The molecular formula is C24H20N4O5. The fourth-order valence-corrected chi connectivity index (χ4v) is 4.22. The van der Waals surface area contributed by atoms with E-state index in [-0.39, 0.29) is 37.1 Å². The van der Waals surface area contributed by atoms with Gasteiger partial charge in [-0.15, -0.1) is 0 Å². The van der Waals surface area contributed by atoms with E-state index in [0.717, 1.165) is 10.9 Å². The number of benzene rings is 2. The van der Waals surface area contributed by atoms with E-state index in [2.05, 4.69) is 15.6 Å². The summed E-state index contributed by atoms with van der Waals surface area (Å²) in [5.74, 6) is -0.726. The van der Waals surface area contributed by atoms with Crippen molar-refractivity contribution in [3.8, 4) is 5.75 Å². The van der Waals surface area contributed by atoms with Crippen LogP contribution in [0.2, 0.25) is 0 Å². The first-order chi connectivity index (χ1) is 15.9. The van der Waals surface area contributed by atoms with E-state index in [0.29, 0.717) is 28.1 Å². The van der Waals surface area contributed by atoms with Crippen molar-refractivity contribution in [3.05, 3.63) is 65.4 Å². The van der Waals surface area contributed by atoms with Crippen LogP contribution in [0.25, 0.3) is 10.9 Å². The maximum Gasteiger partial charge on any atom is 0.255 e. The lowest BCUT2D eigenvalue weighted by atomic mass is 10.0. The number of piperidine rings is 1. The molecule has 1 saturated heterocycles. The molecule has 166 valence electrons. The number of nitrogens with zero attached hydrogens (tertiary/aromatic N) is 2. The fourth-order valence-electron chi connectivity index (χ4n) is 4.22. The first-order valence-corrected chi connectivity index (χ1v) is 10.5. The van der Waals surface area contributed by atoms with Gasteiger partial charge in [-0.25, -0.2) is 0 Å². The Morgan fingerprint density at radius 3 is 2.79 bits per heavy atom. The van der Waals surface area contributed by atoms with Crippen molar-refractivity contribution in [1.82, 2.24) is 15.2 Å². The molecular weight excluding hydrogens is 424 g/mol. The molecule has 5 rings (SSSR count). The summed E-state index contributed by atoms with van der Waals surface area (Å²) in [7, 11) is 1.58. The lowest BCUT2D eigenvalue weighted by Crippen LogP contribution is -2.52. The number of carbonyl (C=O) groups is 4. The van der Waals surface area contributed by atoms with Crippen LogP contribution in [0.3, 0.4) is 0 Å². The van der Waals surface area contributed by atoms with Gasteiger partial charge in [-0.05, 0) is 54.4 Å². The molecule has 1 aromatic heterocycles. The number of hydrogen-bond acceptors (Lipinski definition) is 6. The maximum absolute atomic E-state index is 12.9. The lowest BCUT2D eigenvalue weighted by Gasteiger charge is -2.29. The molecule has 1 unspecified atom stereocenters. The molecule has 0 bridgehead atoms. The van der Waals surface area contributed by atoms with Crippen molar-refractivity contribution >= 4 is 40.2 Å². The van der Waals surface area contributed by atoms with Crippen LogP contribution < -0.4 is 15.4 Å². The van der Waals surface area contributed by atoms with E-state index in [1.165, 1.54) is 4.90 Å². The highest BCUT2D eigenvalue weighted by atomic mass is 16.5. The van der Waals surface area contributed by atoms with E-state index in [1.54, 1.807) is 31.5 Å². The van der Waals surface area contributed by atoms with Gasteiger partial charge in [0, 0.05) is 29.5 Å². The summed E-state index contributed by atoms with van der Waals surface area (Å²) < 4.78 is 5.24.